The summed E-state index contributed by atoms with van der Waals surface area (Å²) < 4.78 is 37.2. The smallest absolute Gasteiger partial charge is 0.398 e. The number of pyridine rings is 1. The highest BCUT2D eigenvalue weighted by atomic mass is 19.4. The third kappa shape index (κ3) is 4.68. The molecule has 0 aliphatic rings. The van der Waals surface area contributed by atoms with Crippen molar-refractivity contribution in [3.8, 4) is 0 Å². The maximum Gasteiger partial charge on any atom is 0.401 e. The van der Waals surface area contributed by atoms with Crippen LogP contribution in [0.15, 0.2) is 6.20 Å². The number of nitrogen functional groups attached to an aromatic ring is 1. The molecule has 0 amide bonds. The molecule has 4 nitrogen and oxygen atoms in total. The van der Waals surface area contributed by atoms with Gasteiger partial charge in [0.25, 0.3) is 0 Å². The Bertz CT molecular complexity index is 435. The highest BCUT2D eigenvalue weighted by Gasteiger charge is 2.30. The van der Waals surface area contributed by atoms with Crippen LogP contribution in [0.5, 0.6) is 0 Å². The van der Waals surface area contributed by atoms with Gasteiger partial charge in [0.1, 0.15) is 0 Å². The van der Waals surface area contributed by atoms with Crippen molar-refractivity contribution in [1.82, 2.24) is 9.88 Å². The number of aliphatic hydroxyl groups is 1. The Labute approximate surface area is 110 Å². The minimum atomic E-state index is -4.31. The molecule has 0 radical (unpaired) electrons. The van der Waals surface area contributed by atoms with E-state index in [0.29, 0.717) is 16.9 Å². The Morgan fingerprint density at radius 3 is 2.53 bits per heavy atom. The highest BCUT2D eigenvalue weighted by molar-refractivity contribution is 5.53. The van der Waals surface area contributed by atoms with E-state index in [9.17, 15) is 13.2 Å². The number of nitrogens with two attached hydrogens (primary N) is 1. The number of rotatable bonds is 5. The fourth-order valence-corrected chi connectivity index (χ4v) is 1.77. The summed E-state index contributed by atoms with van der Waals surface area (Å²) in [5, 5.41) is 8.83. The summed E-state index contributed by atoms with van der Waals surface area (Å²) in [5.41, 5.74) is 8.36. The molecule has 7 heteroatoms. The van der Waals surface area contributed by atoms with Gasteiger partial charge in [-0.2, -0.15) is 13.2 Å². The number of hydrogen-bond donors (Lipinski definition) is 2. The van der Waals surface area contributed by atoms with E-state index in [1.54, 1.807) is 20.0 Å². The summed E-state index contributed by atoms with van der Waals surface area (Å²) in [5.74, 6) is 0. The number of aromatic nitrogens is 1. The molecule has 0 bridgehead atoms. The van der Waals surface area contributed by atoms with Crippen LogP contribution in [0.4, 0.5) is 18.9 Å². The van der Waals surface area contributed by atoms with E-state index in [1.807, 2.05) is 0 Å². The quantitative estimate of drug-likeness (QED) is 0.859. The number of halogens is 3. The fraction of sp³-hybridized carbons (Fsp3) is 0.583. The first kappa shape index (κ1) is 15.7. The van der Waals surface area contributed by atoms with Gasteiger partial charge < -0.3 is 10.8 Å². The number of nitrogens with zero attached hydrogens (tertiary/aromatic N) is 2. The molecule has 19 heavy (non-hydrogen) atoms. The minimum Gasteiger partial charge on any atom is -0.398 e. The lowest BCUT2D eigenvalue weighted by atomic mass is 10.1. The van der Waals surface area contributed by atoms with Crippen LogP contribution < -0.4 is 5.73 Å². The molecule has 0 aromatic carbocycles. The monoisotopic (exact) mass is 277 g/mol. The van der Waals surface area contributed by atoms with Gasteiger partial charge in [0.05, 0.1) is 18.8 Å². The maximum absolute atomic E-state index is 12.4. The van der Waals surface area contributed by atoms with E-state index >= 15 is 0 Å². The van der Waals surface area contributed by atoms with E-state index in [1.165, 1.54) is 0 Å². The van der Waals surface area contributed by atoms with Crippen LogP contribution in [0, 0.1) is 13.8 Å². The molecule has 0 aliphatic carbocycles. The number of anilines is 1. The molecule has 0 aliphatic heterocycles. The molecule has 0 fully saturated rings. The van der Waals surface area contributed by atoms with Crippen LogP contribution in [-0.2, 0) is 6.54 Å². The summed E-state index contributed by atoms with van der Waals surface area (Å²) in [6.07, 6.45) is -2.76. The van der Waals surface area contributed by atoms with Gasteiger partial charge in [-0.15, -0.1) is 0 Å². The normalized spacial score (nSPS) is 12.2. The average Bonchev–Trinajstić information content (AvgIpc) is 2.28. The molecule has 1 aromatic heterocycles. The van der Waals surface area contributed by atoms with Crippen molar-refractivity contribution in [3.05, 3.63) is 23.0 Å². The van der Waals surface area contributed by atoms with Crippen LogP contribution in [-0.4, -0.2) is 40.9 Å². The Morgan fingerprint density at radius 2 is 2.00 bits per heavy atom. The molecule has 0 unspecified atom stereocenters. The third-order valence-corrected chi connectivity index (χ3v) is 2.87. The lowest BCUT2D eigenvalue weighted by molar-refractivity contribution is -0.148. The first-order valence-corrected chi connectivity index (χ1v) is 5.85. The van der Waals surface area contributed by atoms with Crippen LogP contribution in [0.2, 0.25) is 0 Å². The zero-order valence-electron chi connectivity index (χ0n) is 11.0. The second-order valence-electron chi connectivity index (χ2n) is 4.48. The molecule has 1 heterocycles. The van der Waals surface area contributed by atoms with E-state index in [-0.39, 0.29) is 19.7 Å². The zero-order chi connectivity index (χ0) is 14.6. The third-order valence-electron chi connectivity index (χ3n) is 2.87. The highest BCUT2D eigenvalue weighted by Crippen LogP contribution is 2.21. The molecular formula is C12H18F3N3O. The molecule has 0 spiro atoms. The predicted octanol–water partition coefficient (Wildman–Crippen LogP) is 1.64. The van der Waals surface area contributed by atoms with E-state index < -0.39 is 12.7 Å². The molecule has 0 saturated carbocycles. The van der Waals surface area contributed by atoms with Gasteiger partial charge >= 0.3 is 6.18 Å². The average molecular weight is 277 g/mol. The van der Waals surface area contributed by atoms with Crippen LogP contribution in [0.3, 0.4) is 0 Å². The molecular weight excluding hydrogens is 259 g/mol. The fourth-order valence-electron chi connectivity index (χ4n) is 1.77. The van der Waals surface area contributed by atoms with E-state index in [4.69, 9.17) is 10.8 Å². The first-order valence-electron chi connectivity index (χ1n) is 5.85. The van der Waals surface area contributed by atoms with Gasteiger partial charge in [-0.3, -0.25) is 9.88 Å². The maximum atomic E-state index is 12.4. The lowest BCUT2D eigenvalue weighted by Gasteiger charge is -2.23. The van der Waals surface area contributed by atoms with Gasteiger partial charge in [0, 0.05) is 25.0 Å². The van der Waals surface area contributed by atoms with Gasteiger partial charge in [-0.05, 0) is 25.0 Å². The Hall–Kier alpha value is -1.34. The first-order chi connectivity index (χ1) is 8.74. The van der Waals surface area contributed by atoms with Crippen molar-refractivity contribution in [1.29, 1.82) is 0 Å². The molecule has 0 saturated heterocycles. The van der Waals surface area contributed by atoms with Gasteiger partial charge in [-0.25, -0.2) is 0 Å². The SMILES string of the molecule is Cc1cnc(CN(CCO)CC(F)(F)F)c(C)c1N. The zero-order valence-corrected chi connectivity index (χ0v) is 11.0. The molecule has 0 atom stereocenters. The number of alkyl halides is 3. The van der Waals surface area contributed by atoms with Crippen molar-refractivity contribution in [3.63, 3.8) is 0 Å². The summed E-state index contributed by atoms with van der Waals surface area (Å²) >= 11 is 0. The predicted molar refractivity (Wildman–Crippen MR) is 66.5 cm³/mol. The molecule has 108 valence electrons. The van der Waals surface area contributed by atoms with Gasteiger partial charge in [0.2, 0.25) is 0 Å². The van der Waals surface area contributed by atoms with E-state index in [0.717, 1.165) is 10.5 Å². The summed E-state index contributed by atoms with van der Waals surface area (Å²) in [4.78, 5) is 5.22. The Kier molecular flexibility index (Phi) is 5.13. The molecule has 3 N–H and O–H groups in total. The number of aliphatic hydroxyl groups excluding tert-OH is 1. The summed E-state index contributed by atoms with van der Waals surface area (Å²) in [6, 6.07) is 0. The topological polar surface area (TPSA) is 62.4 Å². The molecule has 1 rings (SSSR count). The lowest BCUT2D eigenvalue weighted by Crippen LogP contribution is -2.36. The van der Waals surface area contributed by atoms with Crippen LogP contribution in [0.1, 0.15) is 16.8 Å². The molecule has 1 aromatic rings. The van der Waals surface area contributed by atoms with Gasteiger partial charge in [0.15, 0.2) is 0 Å². The second kappa shape index (κ2) is 6.21. The second-order valence-corrected chi connectivity index (χ2v) is 4.48. The standard InChI is InChI=1S/C12H18F3N3O/c1-8-5-17-10(9(2)11(8)16)6-18(3-4-19)7-12(13,14)15/h5,19H,3-4,6-7H2,1-2H3,(H2,16,17). The number of hydrogen-bond acceptors (Lipinski definition) is 4. The van der Waals surface area contributed by atoms with Gasteiger partial charge in [-0.1, -0.05) is 0 Å². The van der Waals surface area contributed by atoms with Crippen molar-refractivity contribution in [2.45, 2.75) is 26.6 Å². The summed E-state index contributed by atoms with van der Waals surface area (Å²) in [6.45, 7) is 2.05. The Balaban J connectivity index is 2.88. The van der Waals surface area contributed by atoms with Crippen molar-refractivity contribution in [2.75, 3.05) is 25.4 Å². The number of aryl methyl sites for hydroxylation is 1. The van der Waals surface area contributed by atoms with Crippen molar-refractivity contribution >= 4 is 5.69 Å². The Morgan fingerprint density at radius 1 is 1.37 bits per heavy atom. The largest absolute Gasteiger partial charge is 0.401 e. The van der Waals surface area contributed by atoms with Crippen LogP contribution in [0.25, 0.3) is 0 Å². The van der Waals surface area contributed by atoms with E-state index in [2.05, 4.69) is 4.98 Å². The summed E-state index contributed by atoms with van der Waals surface area (Å²) in [7, 11) is 0. The van der Waals surface area contributed by atoms with Crippen molar-refractivity contribution < 1.29 is 18.3 Å². The minimum absolute atomic E-state index is 0.0103. The van der Waals surface area contributed by atoms with Crippen LogP contribution >= 0.6 is 0 Å². The van der Waals surface area contributed by atoms with Crippen molar-refractivity contribution in [2.24, 2.45) is 0 Å².